The van der Waals surface area contributed by atoms with Gasteiger partial charge >= 0.3 is 0 Å². The van der Waals surface area contributed by atoms with Crippen LogP contribution in [0.15, 0.2) is 11.0 Å². The van der Waals surface area contributed by atoms with E-state index >= 15 is 0 Å². The third kappa shape index (κ3) is 1.55. The Morgan fingerprint density at radius 2 is 2.36 bits per heavy atom. The van der Waals surface area contributed by atoms with Crippen LogP contribution in [-0.2, 0) is 6.42 Å². The second kappa shape index (κ2) is 3.91. The van der Waals surface area contributed by atoms with Gasteiger partial charge in [-0.3, -0.25) is 0 Å². The van der Waals surface area contributed by atoms with Crippen LogP contribution < -0.4 is 9.47 Å². The summed E-state index contributed by atoms with van der Waals surface area (Å²) in [5.41, 5.74) is 1.12. The molecule has 0 amide bonds. The van der Waals surface area contributed by atoms with Crippen molar-refractivity contribution in [1.82, 2.24) is 0 Å². The number of hydrogen-bond donors (Lipinski definition) is 1. The zero-order valence-corrected chi connectivity index (χ0v) is 9.49. The summed E-state index contributed by atoms with van der Waals surface area (Å²) in [6.45, 7) is 0.741. The molecule has 0 saturated carbocycles. The molecular formula is C10H11ClO2S. The van der Waals surface area contributed by atoms with Crippen molar-refractivity contribution >= 4 is 24.2 Å². The van der Waals surface area contributed by atoms with Gasteiger partial charge in [0.15, 0.2) is 5.75 Å². The fourth-order valence-corrected chi connectivity index (χ4v) is 2.42. The molecule has 4 heteroatoms. The van der Waals surface area contributed by atoms with Crippen LogP contribution in [0.4, 0.5) is 0 Å². The highest BCUT2D eigenvalue weighted by Crippen LogP contribution is 2.42. The smallest absolute Gasteiger partial charge is 0.154 e. The predicted molar refractivity (Wildman–Crippen MR) is 59.1 cm³/mol. The van der Waals surface area contributed by atoms with Crippen LogP contribution in [0, 0.1) is 0 Å². The maximum absolute atomic E-state index is 6.04. The van der Waals surface area contributed by atoms with E-state index in [0.29, 0.717) is 15.7 Å². The second-order valence-electron chi connectivity index (χ2n) is 3.18. The van der Waals surface area contributed by atoms with Gasteiger partial charge in [0.2, 0.25) is 0 Å². The lowest BCUT2D eigenvalue weighted by atomic mass is 10.1. The molecule has 0 aromatic heterocycles. The van der Waals surface area contributed by atoms with Gasteiger partial charge < -0.3 is 9.47 Å². The molecule has 76 valence electrons. The molecule has 1 aromatic rings. The highest BCUT2D eigenvalue weighted by atomic mass is 35.5. The lowest BCUT2D eigenvalue weighted by Crippen LogP contribution is -2.09. The lowest BCUT2D eigenvalue weighted by Gasteiger charge is -2.20. The van der Waals surface area contributed by atoms with Crippen molar-refractivity contribution in [2.24, 2.45) is 0 Å². The van der Waals surface area contributed by atoms with Crippen LogP contribution in [0.1, 0.15) is 12.0 Å². The van der Waals surface area contributed by atoms with Crippen LogP contribution in [0.3, 0.4) is 0 Å². The molecular weight excluding hydrogens is 220 g/mol. The van der Waals surface area contributed by atoms with E-state index in [1.165, 1.54) is 0 Å². The summed E-state index contributed by atoms with van der Waals surface area (Å²) in [5, 5.41) is 0.599. The number of benzene rings is 1. The molecule has 2 rings (SSSR count). The minimum atomic E-state index is 0.593. The molecule has 0 fully saturated rings. The first kappa shape index (κ1) is 9.99. The number of rotatable bonds is 1. The largest absolute Gasteiger partial charge is 0.494 e. The fraction of sp³-hybridized carbons (Fsp3) is 0.400. The molecule has 0 radical (unpaired) electrons. The normalized spacial score (nSPS) is 14.5. The molecule has 1 aliphatic heterocycles. The molecule has 1 aliphatic rings. The van der Waals surface area contributed by atoms with Gasteiger partial charge in [-0.15, -0.1) is 12.6 Å². The molecule has 14 heavy (non-hydrogen) atoms. The van der Waals surface area contributed by atoms with Gasteiger partial charge in [0, 0.05) is 0 Å². The first-order valence-electron chi connectivity index (χ1n) is 4.45. The molecule has 0 saturated heterocycles. The quantitative estimate of drug-likeness (QED) is 0.748. The average molecular weight is 231 g/mol. The monoisotopic (exact) mass is 230 g/mol. The second-order valence-corrected chi connectivity index (χ2v) is 4.03. The number of halogens is 1. The van der Waals surface area contributed by atoms with E-state index in [1.54, 1.807) is 7.11 Å². The Morgan fingerprint density at radius 3 is 3.07 bits per heavy atom. The van der Waals surface area contributed by atoms with Gasteiger partial charge in [-0.1, -0.05) is 11.6 Å². The Balaban J connectivity index is 2.57. The number of thiol groups is 1. The molecule has 1 heterocycles. The van der Waals surface area contributed by atoms with E-state index in [-0.39, 0.29) is 0 Å². The van der Waals surface area contributed by atoms with Crippen LogP contribution >= 0.6 is 24.2 Å². The van der Waals surface area contributed by atoms with E-state index in [4.69, 9.17) is 21.1 Å². The number of ether oxygens (including phenoxy) is 2. The van der Waals surface area contributed by atoms with E-state index in [1.807, 2.05) is 6.07 Å². The van der Waals surface area contributed by atoms with Gasteiger partial charge in [-0.25, -0.2) is 0 Å². The van der Waals surface area contributed by atoms with Crippen molar-refractivity contribution in [2.75, 3.05) is 13.7 Å². The Kier molecular flexibility index (Phi) is 2.79. The molecule has 0 unspecified atom stereocenters. The van der Waals surface area contributed by atoms with Crippen molar-refractivity contribution in [3.8, 4) is 11.5 Å². The van der Waals surface area contributed by atoms with Crippen LogP contribution in [0.25, 0.3) is 0 Å². The Labute approximate surface area is 93.6 Å². The number of aryl methyl sites for hydroxylation is 1. The number of hydrogen-bond acceptors (Lipinski definition) is 3. The maximum atomic E-state index is 6.04. The van der Waals surface area contributed by atoms with Gasteiger partial charge in [0.1, 0.15) is 5.75 Å². The zero-order chi connectivity index (χ0) is 10.1. The van der Waals surface area contributed by atoms with E-state index < -0.39 is 0 Å². The topological polar surface area (TPSA) is 18.5 Å². The standard InChI is InChI=1S/C10H11ClO2S/c1-12-9-7(11)5-6-3-2-4-13-8(6)10(9)14/h5,14H,2-4H2,1H3. The van der Waals surface area contributed by atoms with Gasteiger partial charge in [-0.05, 0) is 24.5 Å². The molecule has 0 atom stereocenters. The summed E-state index contributed by atoms with van der Waals surface area (Å²) in [6.07, 6.45) is 2.02. The first-order valence-corrected chi connectivity index (χ1v) is 5.27. The van der Waals surface area contributed by atoms with Crippen molar-refractivity contribution in [1.29, 1.82) is 0 Å². The van der Waals surface area contributed by atoms with Crippen molar-refractivity contribution < 1.29 is 9.47 Å². The van der Waals surface area contributed by atoms with Crippen LogP contribution in [0.2, 0.25) is 5.02 Å². The lowest BCUT2D eigenvalue weighted by molar-refractivity contribution is 0.277. The zero-order valence-electron chi connectivity index (χ0n) is 7.84. The van der Waals surface area contributed by atoms with Crippen molar-refractivity contribution in [3.05, 3.63) is 16.7 Å². The molecule has 0 N–H and O–H groups in total. The minimum absolute atomic E-state index is 0.593. The summed E-state index contributed by atoms with van der Waals surface area (Å²) < 4.78 is 10.7. The van der Waals surface area contributed by atoms with Crippen molar-refractivity contribution in [3.63, 3.8) is 0 Å². The maximum Gasteiger partial charge on any atom is 0.154 e. The molecule has 0 aliphatic carbocycles. The predicted octanol–water partition coefficient (Wildman–Crippen LogP) is 2.96. The van der Waals surface area contributed by atoms with Gasteiger partial charge in [0.05, 0.1) is 23.6 Å². The van der Waals surface area contributed by atoms with Crippen molar-refractivity contribution in [2.45, 2.75) is 17.7 Å². The summed E-state index contributed by atoms with van der Waals surface area (Å²) in [5.74, 6) is 1.41. The van der Waals surface area contributed by atoms with E-state index in [2.05, 4.69) is 12.6 Å². The van der Waals surface area contributed by atoms with Crippen LogP contribution in [-0.4, -0.2) is 13.7 Å². The average Bonchev–Trinajstić information content (AvgIpc) is 2.18. The Bertz CT molecular complexity index is 366. The highest BCUT2D eigenvalue weighted by molar-refractivity contribution is 7.80. The van der Waals surface area contributed by atoms with Crippen LogP contribution in [0.5, 0.6) is 11.5 Å². The SMILES string of the molecule is COc1c(Cl)cc2c(c1S)OCCC2. The van der Waals surface area contributed by atoms with Gasteiger partial charge in [-0.2, -0.15) is 0 Å². The molecule has 1 aromatic carbocycles. The fourth-order valence-electron chi connectivity index (χ4n) is 1.63. The number of fused-ring (bicyclic) bond motifs is 1. The van der Waals surface area contributed by atoms with Gasteiger partial charge in [0.25, 0.3) is 0 Å². The minimum Gasteiger partial charge on any atom is -0.494 e. The summed E-state index contributed by atoms with van der Waals surface area (Å²) >= 11 is 10.4. The van der Waals surface area contributed by atoms with E-state index in [0.717, 1.165) is 30.8 Å². The summed E-state index contributed by atoms with van der Waals surface area (Å²) in [4.78, 5) is 0.703. The highest BCUT2D eigenvalue weighted by Gasteiger charge is 2.19. The van der Waals surface area contributed by atoms with E-state index in [9.17, 15) is 0 Å². The summed E-state index contributed by atoms with van der Waals surface area (Å²) in [6, 6.07) is 1.90. The molecule has 2 nitrogen and oxygen atoms in total. The number of methoxy groups -OCH3 is 1. The third-order valence-corrected chi connectivity index (χ3v) is 2.97. The Morgan fingerprint density at radius 1 is 1.57 bits per heavy atom. The first-order chi connectivity index (χ1) is 6.74. The Hall–Kier alpha value is -0.540. The molecule has 0 bridgehead atoms. The molecule has 0 spiro atoms. The third-order valence-electron chi connectivity index (χ3n) is 2.28. The summed E-state index contributed by atoms with van der Waals surface area (Å²) in [7, 11) is 1.58.